The number of nitrogens with one attached hydrogen (secondary N) is 3. The maximum atomic E-state index is 12.7. The lowest BCUT2D eigenvalue weighted by Crippen LogP contribution is -2.31. The molecule has 0 radical (unpaired) electrons. The molecule has 2 aromatic heterocycles. The summed E-state index contributed by atoms with van der Waals surface area (Å²) in [7, 11) is 0. The van der Waals surface area contributed by atoms with Crippen LogP contribution >= 0.6 is 0 Å². The van der Waals surface area contributed by atoms with Crippen molar-refractivity contribution >= 4 is 29.6 Å². The summed E-state index contributed by atoms with van der Waals surface area (Å²) in [6.45, 7) is 0. The smallest absolute Gasteiger partial charge is 0.274 e. The summed E-state index contributed by atoms with van der Waals surface area (Å²) in [5.41, 5.74) is 8.74. The van der Waals surface area contributed by atoms with Crippen LogP contribution in [0.3, 0.4) is 0 Å². The number of nitrogens with two attached hydrogens (primary N) is 1. The molecule has 0 atom stereocenters. The number of pyridine rings is 2. The highest BCUT2D eigenvalue weighted by molar-refractivity contribution is 6.06. The van der Waals surface area contributed by atoms with Crippen molar-refractivity contribution < 1.29 is 4.79 Å². The lowest BCUT2D eigenvalue weighted by Gasteiger charge is -2.19. The molecular formula is C22H21N7O. The van der Waals surface area contributed by atoms with Gasteiger partial charge in [0.05, 0.1) is 6.34 Å². The van der Waals surface area contributed by atoms with Crippen molar-refractivity contribution in [3.63, 3.8) is 0 Å². The second-order valence-electron chi connectivity index (χ2n) is 7.05. The second-order valence-corrected chi connectivity index (χ2v) is 7.05. The van der Waals surface area contributed by atoms with Gasteiger partial charge in [-0.25, -0.2) is 4.98 Å². The molecule has 5 N–H and O–H groups in total. The molecule has 8 nitrogen and oxygen atoms in total. The van der Waals surface area contributed by atoms with Crippen molar-refractivity contribution in [2.45, 2.75) is 18.9 Å². The largest absolute Gasteiger partial charge is 0.384 e. The van der Waals surface area contributed by atoms with E-state index < -0.39 is 0 Å². The Balaban J connectivity index is 1.51. The summed E-state index contributed by atoms with van der Waals surface area (Å²) in [6, 6.07) is 14.3. The number of carbonyl (C=O) groups excluding carboxylic acids is 1. The van der Waals surface area contributed by atoms with Gasteiger partial charge in [0.2, 0.25) is 0 Å². The van der Waals surface area contributed by atoms with E-state index in [-0.39, 0.29) is 23.5 Å². The zero-order valence-electron chi connectivity index (χ0n) is 16.2. The number of nitrogens with zero attached hydrogens (tertiary/aromatic N) is 3. The number of amides is 1. The molecular weight excluding hydrogens is 378 g/mol. The van der Waals surface area contributed by atoms with Crippen molar-refractivity contribution in [3.8, 4) is 11.1 Å². The summed E-state index contributed by atoms with van der Waals surface area (Å²) in [6.07, 6.45) is 6.38. The van der Waals surface area contributed by atoms with Gasteiger partial charge in [-0.15, -0.1) is 0 Å². The summed E-state index contributed by atoms with van der Waals surface area (Å²) < 4.78 is 0. The number of nitrogen functional groups attached to an aromatic ring is 1. The summed E-state index contributed by atoms with van der Waals surface area (Å²) >= 11 is 0. The zero-order valence-corrected chi connectivity index (χ0v) is 16.2. The monoisotopic (exact) mass is 399 g/mol. The van der Waals surface area contributed by atoms with E-state index in [4.69, 9.17) is 16.6 Å². The van der Waals surface area contributed by atoms with Crippen LogP contribution in [0.2, 0.25) is 0 Å². The van der Waals surface area contributed by atoms with E-state index in [1.807, 2.05) is 6.07 Å². The highest BCUT2D eigenvalue weighted by Gasteiger charge is 2.30. The van der Waals surface area contributed by atoms with Crippen molar-refractivity contribution in [1.29, 1.82) is 10.8 Å². The first-order chi connectivity index (χ1) is 14.5. The van der Waals surface area contributed by atoms with Crippen LogP contribution in [0.1, 0.15) is 28.9 Å². The van der Waals surface area contributed by atoms with Gasteiger partial charge >= 0.3 is 0 Å². The highest BCUT2D eigenvalue weighted by atomic mass is 16.1. The van der Waals surface area contributed by atoms with Gasteiger partial charge in [0.15, 0.2) is 0 Å². The molecule has 0 aliphatic heterocycles. The van der Waals surface area contributed by atoms with Crippen LogP contribution < -0.4 is 11.1 Å². The Labute approximate surface area is 173 Å². The fraction of sp³-hybridized carbons (Fsp3) is 0.136. The molecule has 8 heteroatoms. The summed E-state index contributed by atoms with van der Waals surface area (Å²) in [5, 5.41) is 18.8. The average Bonchev–Trinajstić information content (AvgIpc) is 3.60. The molecule has 1 fully saturated rings. The SMILES string of the molecule is N=CN(C(=N)c1cccc(NC(=O)c2cc(-c3ccc(N)nc3)ccn2)c1)C1CC1. The summed E-state index contributed by atoms with van der Waals surface area (Å²) in [5.74, 6) is 0.328. The topological polar surface area (TPSA) is 132 Å². The van der Waals surface area contributed by atoms with E-state index in [1.165, 1.54) is 6.34 Å². The number of hydrogen-bond acceptors (Lipinski definition) is 6. The van der Waals surface area contributed by atoms with Crippen LogP contribution in [0.5, 0.6) is 0 Å². The Morgan fingerprint density at radius 1 is 1.13 bits per heavy atom. The fourth-order valence-electron chi connectivity index (χ4n) is 3.10. The molecule has 4 rings (SSSR count). The zero-order chi connectivity index (χ0) is 21.1. The number of anilines is 2. The van der Waals surface area contributed by atoms with E-state index in [0.29, 0.717) is 17.1 Å². The minimum Gasteiger partial charge on any atom is -0.384 e. The summed E-state index contributed by atoms with van der Waals surface area (Å²) in [4.78, 5) is 22.6. The molecule has 0 saturated heterocycles. The van der Waals surface area contributed by atoms with Crippen LogP contribution in [-0.4, -0.2) is 39.0 Å². The molecule has 3 aromatic rings. The number of carbonyl (C=O) groups is 1. The van der Waals surface area contributed by atoms with Gasteiger partial charge in [0, 0.05) is 35.2 Å². The van der Waals surface area contributed by atoms with Gasteiger partial charge < -0.3 is 16.0 Å². The van der Waals surface area contributed by atoms with Gasteiger partial charge in [-0.3, -0.25) is 20.6 Å². The number of amidine groups is 1. The van der Waals surface area contributed by atoms with Crippen LogP contribution in [0.15, 0.2) is 60.9 Å². The van der Waals surface area contributed by atoms with Crippen molar-refractivity contribution in [2.75, 3.05) is 11.1 Å². The van der Waals surface area contributed by atoms with Crippen molar-refractivity contribution in [3.05, 3.63) is 72.2 Å². The van der Waals surface area contributed by atoms with Crippen LogP contribution in [-0.2, 0) is 0 Å². The molecule has 2 heterocycles. The second kappa shape index (κ2) is 8.12. The molecule has 1 aromatic carbocycles. The predicted octanol–water partition coefficient (Wildman–Crippen LogP) is 3.37. The number of aromatic nitrogens is 2. The van der Waals surface area contributed by atoms with Crippen LogP contribution in [0.4, 0.5) is 11.5 Å². The first-order valence-electron chi connectivity index (χ1n) is 9.52. The standard InChI is InChI=1S/C22H21N7O/c23-13-29(18-5-6-18)21(25)15-2-1-3-17(10-15)28-22(30)19-11-14(8-9-26-19)16-4-7-20(24)27-12-16/h1-4,7-13,18,23,25H,5-6H2,(H2,24,27)(H,28,30). The van der Waals surface area contributed by atoms with Gasteiger partial charge in [-0.05, 0) is 54.8 Å². The maximum absolute atomic E-state index is 12.7. The van der Waals surface area contributed by atoms with E-state index in [2.05, 4.69) is 15.3 Å². The third-order valence-electron chi connectivity index (χ3n) is 4.84. The maximum Gasteiger partial charge on any atom is 0.274 e. The van der Waals surface area contributed by atoms with E-state index in [9.17, 15) is 4.79 Å². The third kappa shape index (κ3) is 4.17. The highest BCUT2D eigenvalue weighted by Crippen LogP contribution is 2.27. The van der Waals surface area contributed by atoms with E-state index >= 15 is 0 Å². The van der Waals surface area contributed by atoms with Gasteiger partial charge in [-0.1, -0.05) is 12.1 Å². The Morgan fingerprint density at radius 3 is 2.67 bits per heavy atom. The van der Waals surface area contributed by atoms with E-state index in [1.54, 1.807) is 59.8 Å². The van der Waals surface area contributed by atoms with Crippen LogP contribution in [0.25, 0.3) is 11.1 Å². The van der Waals surface area contributed by atoms with Crippen molar-refractivity contribution in [1.82, 2.24) is 14.9 Å². The Morgan fingerprint density at radius 2 is 1.97 bits per heavy atom. The van der Waals surface area contributed by atoms with Gasteiger partial charge in [0.1, 0.15) is 17.3 Å². The first-order valence-corrected chi connectivity index (χ1v) is 9.52. The molecule has 0 unspecified atom stereocenters. The number of benzene rings is 1. The Hall–Kier alpha value is -4.07. The van der Waals surface area contributed by atoms with E-state index in [0.717, 1.165) is 24.0 Å². The quantitative estimate of drug-likeness (QED) is 0.373. The fourth-order valence-corrected chi connectivity index (χ4v) is 3.10. The molecule has 30 heavy (non-hydrogen) atoms. The molecule has 1 aliphatic carbocycles. The minimum absolute atomic E-state index is 0.225. The molecule has 1 amide bonds. The molecule has 150 valence electrons. The van der Waals surface area contributed by atoms with Gasteiger partial charge in [-0.2, -0.15) is 0 Å². The Kier molecular flexibility index (Phi) is 5.21. The first kappa shape index (κ1) is 19.3. The average molecular weight is 399 g/mol. The lowest BCUT2D eigenvalue weighted by atomic mass is 10.1. The molecule has 0 bridgehead atoms. The van der Waals surface area contributed by atoms with Crippen molar-refractivity contribution in [2.24, 2.45) is 0 Å². The Bertz CT molecular complexity index is 1110. The number of rotatable bonds is 6. The normalized spacial score (nSPS) is 12.8. The predicted molar refractivity (Wildman–Crippen MR) is 117 cm³/mol. The number of hydrogen-bond donors (Lipinski definition) is 4. The van der Waals surface area contributed by atoms with Crippen LogP contribution in [0, 0.1) is 10.8 Å². The lowest BCUT2D eigenvalue weighted by molar-refractivity contribution is 0.102. The third-order valence-corrected chi connectivity index (χ3v) is 4.84. The minimum atomic E-state index is -0.352. The molecule has 0 spiro atoms. The van der Waals surface area contributed by atoms with Gasteiger partial charge in [0.25, 0.3) is 5.91 Å². The molecule has 1 aliphatic rings. The molecule has 1 saturated carbocycles.